The predicted molar refractivity (Wildman–Crippen MR) is 150 cm³/mol. The summed E-state index contributed by atoms with van der Waals surface area (Å²) in [6, 6.07) is 20.2. The summed E-state index contributed by atoms with van der Waals surface area (Å²) in [6.45, 7) is 3.05. The lowest BCUT2D eigenvalue weighted by Crippen LogP contribution is -2.37. The molecule has 38 heavy (non-hydrogen) atoms. The number of carbonyl (C=O) groups is 2. The number of furan rings is 1. The highest BCUT2D eigenvalue weighted by atomic mass is 79.9. The maximum Gasteiger partial charge on any atom is 0.243 e. The third kappa shape index (κ3) is 5.32. The molecule has 1 aliphatic heterocycles. The van der Waals surface area contributed by atoms with E-state index in [-0.39, 0.29) is 28.8 Å². The van der Waals surface area contributed by atoms with Crippen LogP contribution in [0, 0.1) is 5.92 Å². The van der Waals surface area contributed by atoms with Crippen molar-refractivity contribution >= 4 is 54.2 Å². The number of para-hydroxylation sites is 1. The Hall–Kier alpha value is -3.27. The number of hydrogen-bond donors (Lipinski definition) is 1. The summed E-state index contributed by atoms with van der Waals surface area (Å²) in [7, 11) is -3.59. The zero-order valence-electron chi connectivity index (χ0n) is 20.8. The lowest BCUT2D eigenvalue weighted by molar-refractivity contribution is 0.0997. The van der Waals surface area contributed by atoms with Crippen LogP contribution in [0.1, 0.15) is 46.2 Å². The molecule has 7 nitrogen and oxygen atoms in total. The van der Waals surface area contributed by atoms with E-state index < -0.39 is 10.0 Å². The first-order chi connectivity index (χ1) is 18.2. The number of sulfonamides is 1. The summed E-state index contributed by atoms with van der Waals surface area (Å²) < 4.78 is 34.3. The van der Waals surface area contributed by atoms with Gasteiger partial charge in [-0.3, -0.25) is 9.59 Å². The molecule has 1 fully saturated rings. The van der Waals surface area contributed by atoms with Gasteiger partial charge in [-0.2, -0.15) is 4.31 Å². The van der Waals surface area contributed by atoms with Crippen LogP contribution in [0.5, 0.6) is 0 Å². The molecule has 9 heteroatoms. The van der Waals surface area contributed by atoms with Crippen molar-refractivity contribution in [3.63, 3.8) is 0 Å². The van der Waals surface area contributed by atoms with Gasteiger partial charge in [0.1, 0.15) is 5.58 Å². The second-order valence-electron chi connectivity index (χ2n) is 9.53. The Morgan fingerprint density at radius 3 is 2.26 bits per heavy atom. The van der Waals surface area contributed by atoms with E-state index in [0.717, 1.165) is 17.3 Å². The molecular weight excluding hydrogens is 568 g/mol. The van der Waals surface area contributed by atoms with Gasteiger partial charge in [-0.1, -0.05) is 35.0 Å². The summed E-state index contributed by atoms with van der Waals surface area (Å²) in [6.07, 6.45) is 1.69. The first-order valence-electron chi connectivity index (χ1n) is 12.4. The first kappa shape index (κ1) is 26.3. The second-order valence-corrected chi connectivity index (χ2v) is 12.4. The molecule has 0 unspecified atom stereocenters. The number of hydrogen-bond acceptors (Lipinski definition) is 6. The molecule has 5 rings (SSSR count). The second kappa shape index (κ2) is 10.8. The quantitative estimate of drug-likeness (QED) is 0.246. The highest BCUT2D eigenvalue weighted by Crippen LogP contribution is 2.33. The monoisotopic (exact) mass is 594 g/mol. The molecule has 1 N–H and O–H groups in total. The zero-order chi connectivity index (χ0) is 26.9. The highest BCUT2D eigenvalue weighted by molar-refractivity contribution is 9.10. The van der Waals surface area contributed by atoms with E-state index in [9.17, 15) is 18.0 Å². The zero-order valence-corrected chi connectivity index (χ0v) is 23.2. The Balaban J connectivity index is 1.34. The van der Waals surface area contributed by atoms with Gasteiger partial charge in [-0.15, -0.1) is 0 Å². The summed E-state index contributed by atoms with van der Waals surface area (Å²) in [5.41, 5.74) is 1.81. The van der Waals surface area contributed by atoms with Crippen LogP contribution in [0.25, 0.3) is 11.0 Å². The van der Waals surface area contributed by atoms with Crippen LogP contribution in [0.4, 0.5) is 5.69 Å². The van der Waals surface area contributed by atoms with E-state index in [0.29, 0.717) is 46.8 Å². The lowest BCUT2D eigenvalue weighted by Gasteiger charge is -2.29. The predicted octanol–water partition coefficient (Wildman–Crippen LogP) is 6.14. The van der Waals surface area contributed by atoms with Crippen LogP contribution in [-0.2, 0) is 10.0 Å². The average molecular weight is 596 g/mol. The molecule has 1 aromatic heterocycles. The Labute approximate surface area is 230 Å². The molecule has 3 aromatic carbocycles. The molecule has 0 spiro atoms. The molecule has 0 bridgehead atoms. The number of anilines is 1. The molecule has 196 valence electrons. The van der Waals surface area contributed by atoms with Crippen molar-refractivity contribution in [1.82, 2.24) is 4.31 Å². The molecule has 0 amide bonds. The summed E-state index contributed by atoms with van der Waals surface area (Å²) in [5.74, 6) is 0.101. The number of benzene rings is 3. The van der Waals surface area contributed by atoms with Crippen LogP contribution in [0.3, 0.4) is 0 Å². The molecule has 0 aliphatic carbocycles. The van der Waals surface area contributed by atoms with Gasteiger partial charge < -0.3 is 9.73 Å². The molecule has 0 atom stereocenters. The summed E-state index contributed by atoms with van der Waals surface area (Å²) in [5, 5.41) is 3.79. The van der Waals surface area contributed by atoms with Gasteiger partial charge in [0.05, 0.1) is 17.1 Å². The molecule has 2 heterocycles. The van der Waals surface area contributed by atoms with Gasteiger partial charge in [0.2, 0.25) is 15.8 Å². The number of nitrogens with zero attached hydrogens (tertiary/aromatic N) is 1. The topological polar surface area (TPSA) is 96.7 Å². The van der Waals surface area contributed by atoms with Gasteiger partial charge >= 0.3 is 0 Å². The SMILES string of the molecule is CC1CCN(S(=O)(=O)c2ccc(C(=O)CNc3c(C(=O)c4ccc(Br)cc4)oc4ccccc34)cc2)CC1. The number of halogens is 1. The van der Waals surface area contributed by atoms with E-state index >= 15 is 0 Å². The third-order valence-electron chi connectivity index (χ3n) is 6.89. The molecule has 0 radical (unpaired) electrons. The van der Waals surface area contributed by atoms with Crippen molar-refractivity contribution in [2.45, 2.75) is 24.7 Å². The van der Waals surface area contributed by atoms with Gasteiger partial charge in [0.25, 0.3) is 0 Å². The Kier molecular flexibility index (Phi) is 7.52. The maximum absolute atomic E-state index is 13.2. The minimum Gasteiger partial charge on any atom is -0.450 e. The van der Waals surface area contributed by atoms with Crippen LogP contribution in [0.2, 0.25) is 0 Å². The van der Waals surface area contributed by atoms with Crippen molar-refractivity contribution in [2.75, 3.05) is 25.0 Å². The lowest BCUT2D eigenvalue weighted by atomic mass is 10.0. The Morgan fingerprint density at radius 1 is 0.947 bits per heavy atom. The first-order valence-corrected chi connectivity index (χ1v) is 14.7. The van der Waals surface area contributed by atoms with Crippen LogP contribution in [-0.4, -0.2) is 43.9 Å². The minimum absolute atomic E-state index is 0.0970. The smallest absolute Gasteiger partial charge is 0.243 e. The number of carbonyl (C=O) groups excluding carboxylic acids is 2. The number of rotatable bonds is 8. The number of nitrogens with one attached hydrogen (secondary N) is 1. The largest absolute Gasteiger partial charge is 0.450 e. The Morgan fingerprint density at radius 2 is 1.58 bits per heavy atom. The summed E-state index contributed by atoms with van der Waals surface area (Å²) in [4.78, 5) is 26.4. The van der Waals surface area contributed by atoms with Crippen molar-refractivity contribution in [3.8, 4) is 0 Å². The fraction of sp³-hybridized carbons (Fsp3) is 0.241. The molecular formula is C29H27BrN2O5S. The fourth-order valence-electron chi connectivity index (χ4n) is 4.57. The minimum atomic E-state index is -3.59. The van der Waals surface area contributed by atoms with Crippen LogP contribution >= 0.6 is 15.9 Å². The highest BCUT2D eigenvalue weighted by Gasteiger charge is 2.28. The standard InChI is InChI=1S/C29H27BrN2O5S/c1-19-14-16-32(17-15-19)38(35,36)23-12-8-20(9-13-23)25(33)18-31-27-24-4-2-3-5-26(24)37-29(27)28(34)21-6-10-22(30)11-7-21/h2-13,19,31H,14-18H2,1H3. The van der Waals surface area contributed by atoms with E-state index in [4.69, 9.17) is 4.42 Å². The van der Waals surface area contributed by atoms with Crippen molar-refractivity contribution in [3.05, 3.63) is 94.2 Å². The van der Waals surface area contributed by atoms with Gasteiger partial charge in [-0.25, -0.2) is 8.42 Å². The van der Waals surface area contributed by atoms with Crippen LogP contribution in [0.15, 0.2) is 86.6 Å². The van der Waals surface area contributed by atoms with Crippen LogP contribution < -0.4 is 5.32 Å². The normalized spacial score (nSPS) is 15.0. The van der Waals surface area contributed by atoms with Crippen molar-refractivity contribution in [1.29, 1.82) is 0 Å². The van der Waals surface area contributed by atoms with E-state index in [2.05, 4.69) is 28.2 Å². The molecule has 4 aromatic rings. The van der Waals surface area contributed by atoms with Gasteiger partial charge in [0.15, 0.2) is 11.5 Å². The van der Waals surface area contributed by atoms with E-state index in [1.165, 1.54) is 28.6 Å². The van der Waals surface area contributed by atoms with Gasteiger partial charge in [0, 0.05) is 34.1 Å². The Bertz CT molecular complexity index is 1590. The number of piperidine rings is 1. The van der Waals surface area contributed by atoms with E-state index in [1.54, 1.807) is 30.3 Å². The van der Waals surface area contributed by atoms with E-state index in [1.807, 2.05) is 18.2 Å². The molecule has 1 aliphatic rings. The third-order valence-corrected chi connectivity index (χ3v) is 9.33. The van der Waals surface area contributed by atoms with Crippen molar-refractivity contribution in [2.24, 2.45) is 5.92 Å². The molecule has 0 saturated carbocycles. The fourth-order valence-corrected chi connectivity index (χ4v) is 6.31. The number of Topliss-reactive ketones (excluding diaryl/α,β-unsaturated/α-hetero) is 1. The number of fused-ring (bicyclic) bond motifs is 1. The molecule has 1 saturated heterocycles. The maximum atomic E-state index is 13.2. The summed E-state index contributed by atoms with van der Waals surface area (Å²) >= 11 is 3.37. The van der Waals surface area contributed by atoms with Gasteiger partial charge in [-0.05, 0) is 79.4 Å². The van der Waals surface area contributed by atoms with Crippen molar-refractivity contribution < 1.29 is 22.4 Å². The number of ketones is 2. The average Bonchev–Trinajstić information content (AvgIpc) is 3.30.